The van der Waals surface area contributed by atoms with E-state index in [1.165, 1.54) is 0 Å². The molecule has 0 aliphatic heterocycles. The first-order valence-electron chi connectivity index (χ1n) is 7.26. The van der Waals surface area contributed by atoms with Gasteiger partial charge in [0.25, 0.3) is 0 Å². The number of aliphatic carboxylic acids is 3. The molecule has 128 valence electrons. The summed E-state index contributed by atoms with van der Waals surface area (Å²) in [5.41, 5.74) is 0. The molecule has 5 N–H and O–H groups in total. The van der Waals surface area contributed by atoms with Crippen molar-refractivity contribution in [2.45, 2.75) is 51.0 Å². The predicted octanol–water partition coefficient (Wildman–Crippen LogP) is 0.556. The standard InChI is InChI=1S/C14H24O8/c15-8-7-10(13(19)20)4-1-3-9(12(17)18)5-2-6-11(16)14(21)22/h9-11,15-16H,1-8H2,(H,17,18)(H,19,20)(H,21,22)/t9?,10?,11-/m0/s1. The minimum absolute atomic E-state index is 0.0125. The fraction of sp³-hybridized carbons (Fsp3) is 0.786. The van der Waals surface area contributed by atoms with E-state index in [4.69, 9.17) is 25.5 Å². The monoisotopic (exact) mass is 320 g/mol. The number of hydrogen-bond donors (Lipinski definition) is 5. The Balaban J connectivity index is 4.17. The minimum Gasteiger partial charge on any atom is -0.481 e. The molecule has 0 aliphatic rings. The summed E-state index contributed by atoms with van der Waals surface area (Å²) in [5.74, 6) is -4.73. The lowest BCUT2D eigenvalue weighted by atomic mass is 9.91. The number of aliphatic hydroxyl groups is 2. The van der Waals surface area contributed by atoms with Crippen LogP contribution in [0.1, 0.15) is 44.9 Å². The molecule has 8 heteroatoms. The van der Waals surface area contributed by atoms with E-state index in [0.717, 1.165) is 0 Å². The van der Waals surface area contributed by atoms with Crippen molar-refractivity contribution in [1.82, 2.24) is 0 Å². The third-order valence-electron chi connectivity index (χ3n) is 3.60. The van der Waals surface area contributed by atoms with Gasteiger partial charge in [-0.2, -0.15) is 0 Å². The van der Waals surface area contributed by atoms with Crippen LogP contribution < -0.4 is 0 Å². The molecule has 0 aliphatic carbocycles. The van der Waals surface area contributed by atoms with Crippen LogP contribution in [-0.2, 0) is 14.4 Å². The highest BCUT2D eigenvalue weighted by Crippen LogP contribution is 2.20. The number of rotatable bonds is 13. The summed E-state index contributed by atoms with van der Waals surface area (Å²) in [6.45, 7) is -0.230. The van der Waals surface area contributed by atoms with E-state index >= 15 is 0 Å². The summed E-state index contributed by atoms with van der Waals surface area (Å²) in [5, 5.41) is 44.4. The largest absolute Gasteiger partial charge is 0.481 e. The molecule has 0 bridgehead atoms. The highest BCUT2D eigenvalue weighted by molar-refractivity contribution is 5.72. The first-order valence-corrected chi connectivity index (χ1v) is 7.26. The Kier molecular flexibility index (Phi) is 10.1. The van der Waals surface area contributed by atoms with Crippen molar-refractivity contribution in [2.75, 3.05) is 6.61 Å². The zero-order valence-electron chi connectivity index (χ0n) is 12.3. The summed E-state index contributed by atoms with van der Waals surface area (Å²) >= 11 is 0. The zero-order valence-corrected chi connectivity index (χ0v) is 12.3. The Labute approximate surface area is 128 Å². The van der Waals surface area contributed by atoms with Gasteiger partial charge in [-0.3, -0.25) is 9.59 Å². The molecule has 22 heavy (non-hydrogen) atoms. The minimum atomic E-state index is -1.49. The molecule has 0 spiro atoms. The van der Waals surface area contributed by atoms with E-state index in [1.54, 1.807) is 0 Å². The van der Waals surface area contributed by atoms with Gasteiger partial charge in [0.15, 0.2) is 6.10 Å². The average molecular weight is 320 g/mol. The van der Waals surface area contributed by atoms with Crippen LogP contribution in [0.2, 0.25) is 0 Å². The smallest absolute Gasteiger partial charge is 0.332 e. The van der Waals surface area contributed by atoms with Crippen molar-refractivity contribution in [2.24, 2.45) is 11.8 Å². The quantitative estimate of drug-likeness (QED) is 0.330. The molecule has 2 unspecified atom stereocenters. The normalized spacial score (nSPS) is 15.0. The predicted molar refractivity (Wildman–Crippen MR) is 75.3 cm³/mol. The van der Waals surface area contributed by atoms with Gasteiger partial charge in [-0.05, 0) is 38.5 Å². The Morgan fingerprint density at radius 3 is 1.45 bits per heavy atom. The SMILES string of the molecule is O=C(O)C(CCO)CCCC(CCC[C@H](O)C(=O)O)C(=O)O. The van der Waals surface area contributed by atoms with Gasteiger partial charge in [0.1, 0.15) is 0 Å². The van der Waals surface area contributed by atoms with Gasteiger partial charge in [0, 0.05) is 6.61 Å². The highest BCUT2D eigenvalue weighted by Gasteiger charge is 2.21. The zero-order chi connectivity index (χ0) is 17.1. The molecular weight excluding hydrogens is 296 g/mol. The van der Waals surface area contributed by atoms with E-state index in [0.29, 0.717) is 6.42 Å². The molecule has 0 rings (SSSR count). The first-order chi connectivity index (χ1) is 10.3. The van der Waals surface area contributed by atoms with Crippen molar-refractivity contribution < 1.29 is 39.9 Å². The van der Waals surface area contributed by atoms with Crippen molar-refractivity contribution in [3.05, 3.63) is 0 Å². The van der Waals surface area contributed by atoms with E-state index in [9.17, 15) is 14.4 Å². The van der Waals surface area contributed by atoms with Gasteiger partial charge in [-0.15, -0.1) is 0 Å². The summed E-state index contributed by atoms with van der Waals surface area (Å²) in [4.78, 5) is 32.4. The Hall–Kier alpha value is -1.67. The van der Waals surface area contributed by atoms with Crippen LogP contribution in [0.3, 0.4) is 0 Å². The van der Waals surface area contributed by atoms with E-state index in [2.05, 4.69) is 0 Å². The number of carboxylic acids is 3. The third kappa shape index (κ3) is 8.58. The maximum Gasteiger partial charge on any atom is 0.332 e. The summed E-state index contributed by atoms with van der Waals surface area (Å²) in [6.07, 6.45) is 0.107. The van der Waals surface area contributed by atoms with E-state index in [1.807, 2.05) is 0 Å². The first kappa shape index (κ1) is 20.3. The van der Waals surface area contributed by atoms with Crippen LogP contribution in [0, 0.1) is 11.8 Å². The molecule has 0 amide bonds. The van der Waals surface area contributed by atoms with E-state index in [-0.39, 0.29) is 45.1 Å². The molecule has 0 heterocycles. The van der Waals surface area contributed by atoms with Gasteiger partial charge in [0.05, 0.1) is 11.8 Å². The molecule has 0 aromatic rings. The van der Waals surface area contributed by atoms with E-state index < -0.39 is 35.8 Å². The summed E-state index contributed by atoms with van der Waals surface area (Å²) in [6, 6.07) is 0. The van der Waals surface area contributed by atoms with Gasteiger partial charge >= 0.3 is 17.9 Å². The molecule has 3 atom stereocenters. The Bertz CT molecular complexity index is 368. The lowest BCUT2D eigenvalue weighted by Gasteiger charge is -2.15. The summed E-state index contributed by atoms with van der Waals surface area (Å²) in [7, 11) is 0. The maximum atomic E-state index is 11.1. The van der Waals surface area contributed by atoms with Crippen LogP contribution in [-0.4, -0.2) is 56.2 Å². The molecule has 8 nitrogen and oxygen atoms in total. The molecule has 0 radical (unpaired) electrons. The molecule has 0 saturated heterocycles. The second kappa shape index (κ2) is 11.0. The van der Waals surface area contributed by atoms with Crippen LogP contribution in [0.5, 0.6) is 0 Å². The Morgan fingerprint density at radius 1 is 0.682 bits per heavy atom. The molecule has 0 fully saturated rings. The molecule has 0 saturated carbocycles. The van der Waals surface area contributed by atoms with Crippen molar-refractivity contribution >= 4 is 17.9 Å². The van der Waals surface area contributed by atoms with Crippen LogP contribution >= 0.6 is 0 Å². The van der Waals surface area contributed by atoms with Crippen molar-refractivity contribution in [1.29, 1.82) is 0 Å². The third-order valence-corrected chi connectivity index (χ3v) is 3.60. The Morgan fingerprint density at radius 2 is 1.09 bits per heavy atom. The van der Waals surface area contributed by atoms with Crippen LogP contribution in [0.15, 0.2) is 0 Å². The van der Waals surface area contributed by atoms with Crippen LogP contribution in [0.4, 0.5) is 0 Å². The molecule has 0 aromatic carbocycles. The van der Waals surface area contributed by atoms with Crippen molar-refractivity contribution in [3.8, 4) is 0 Å². The van der Waals surface area contributed by atoms with Gasteiger partial charge in [0.2, 0.25) is 0 Å². The lowest BCUT2D eigenvalue weighted by Crippen LogP contribution is -2.21. The topological polar surface area (TPSA) is 152 Å². The number of aliphatic hydroxyl groups excluding tert-OH is 2. The molecule has 0 aromatic heterocycles. The fourth-order valence-corrected chi connectivity index (χ4v) is 2.23. The number of hydrogen-bond acceptors (Lipinski definition) is 5. The van der Waals surface area contributed by atoms with Gasteiger partial charge < -0.3 is 25.5 Å². The summed E-state index contributed by atoms with van der Waals surface area (Å²) < 4.78 is 0. The number of carboxylic acid groups (broad SMARTS) is 3. The fourth-order valence-electron chi connectivity index (χ4n) is 2.23. The second-order valence-electron chi connectivity index (χ2n) is 5.30. The highest BCUT2D eigenvalue weighted by atomic mass is 16.4. The van der Waals surface area contributed by atoms with Crippen molar-refractivity contribution in [3.63, 3.8) is 0 Å². The average Bonchev–Trinajstić information content (AvgIpc) is 2.43. The van der Waals surface area contributed by atoms with Gasteiger partial charge in [-0.1, -0.05) is 6.42 Å². The second-order valence-corrected chi connectivity index (χ2v) is 5.30. The maximum absolute atomic E-state index is 11.1. The van der Waals surface area contributed by atoms with Crippen LogP contribution in [0.25, 0.3) is 0 Å². The number of carbonyl (C=O) groups is 3. The lowest BCUT2D eigenvalue weighted by molar-refractivity contribution is -0.147. The van der Waals surface area contributed by atoms with Gasteiger partial charge in [-0.25, -0.2) is 4.79 Å². The molecular formula is C14H24O8.